The molecule has 0 bridgehead atoms. The molecule has 0 unspecified atom stereocenters. The number of hydrogen-bond acceptors (Lipinski definition) is 3. The number of methoxy groups -OCH3 is 1. The van der Waals surface area contributed by atoms with Gasteiger partial charge in [0.2, 0.25) is 0 Å². The maximum atomic E-state index is 11.5. The van der Waals surface area contributed by atoms with E-state index in [1.165, 1.54) is 7.11 Å². The minimum atomic E-state index is -0.386. The number of fused-ring (bicyclic) bond motifs is 1. The van der Waals surface area contributed by atoms with Gasteiger partial charge in [0.05, 0.1) is 17.9 Å². The van der Waals surface area contributed by atoms with Crippen molar-refractivity contribution >= 4 is 26.7 Å². The SMILES string of the molecule is COc1ccc(Br)c2c(=O)[nH][nH]c(=O)c12. The lowest BCUT2D eigenvalue weighted by atomic mass is 10.2. The van der Waals surface area contributed by atoms with Gasteiger partial charge in [-0.2, -0.15) is 0 Å². The second-order valence-corrected chi connectivity index (χ2v) is 3.76. The van der Waals surface area contributed by atoms with Gasteiger partial charge in [-0.3, -0.25) is 19.8 Å². The third kappa shape index (κ3) is 1.46. The van der Waals surface area contributed by atoms with Crippen molar-refractivity contribution < 1.29 is 4.74 Å². The van der Waals surface area contributed by atoms with E-state index in [-0.39, 0.29) is 21.9 Å². The van der Waals surface area contributed by atoms with Crippen molar-refractivity contribution in [3.05, 3.63) is 37.3 Å². The zero-order valence-corrected chi connectivity index (χ0v) is 9.34. The predicted octanol–water partition coefficient (Wildman–Crippen LogP) is 0.987. The quantitative estimate of drug-likeness (QED) is 0.812. The zero-order valence-electron chi connectivity index (χ0n) is 7.76. The van der Waals surface area contributed by atoms with Crippen LogP contribution >= 0.6 is 15.9 Å². The fraction of sp³-hybridized carbons (Fsp3) is 0.111. The average molecular weight is 271 g/mol. The molecule has 78 valence electrons. The van der Waals surface area contributed by atoms with Crippen molar-refractivity contribution in [3.8, 4) is 5.75 Å². The van der Waals surface area contributed by atoms with E-state index >= 15 is 0 Å². The monoisotopic (exact) mass is 270 g/mol. The number of rotatable bonds is 1. The molecule has 0 amide bonds. The third-order valence-electron chi connectivity index (χ3n) is 2.08. The van der Waals surface area contributed by atoms with Crippen LogP contribution in [0.1, 0.15) is 0 Å². The molecule has 1 heterocycles. The minimum absolute atomic E-state index is 0.246. The van der Waals surface area contributed by atoms with Crippen LogP contribution in [-0.2, 0) is 0 Å². The van der Waals surface area contributed by atoms with E-state index in [1.54, 1.807) is 12.1 Å². The Bertz CT molecular complexity index is 629. The van der Waals surface area contributed by atoms with E-state index < -0.39 is 0 Å². The Hall–Kier alpha value is -1.56. The molecule has 1 aromatic carbocycles. The molecule has 0 atom stereocenters. The van der Waals surface area contributed by atoms with Crippen molar-refractivity contribution in [2.45, 2.75) is 0 Å². The van der Waals surface area contributed by atoms with E-state index in [2.05, 4.69) is 26.1 Å². The normalized spacial score (nSPS) is 10.5. The summed E-state index contributed by atoms with van der Waals surface area (Å²) in [7, 11) is 1.45. The van der Waals surface area contributed by atoms with Gasteiger partial charge in [0.1, 0.15) is 5.75 Å². The minimum Gasteiger partial charge on any atom is -0.496 e. The van der Waals surface area contributed by atoms with Gasteiger partial charge in [-0.05, 0) is 28.1 Å². The highest BCUT2D eigenvalue weighted by Crippen LogP contribution is 2.25. The summed E-state index contributed by atoms with van der Waals surface area (Å²) >= 11 is 3.22. The van der Waals surface area contributed by atoms with Crippen molar-refractivity contribution in [2.24, 2.45) is 0 Å². The smallest absolute Gasteiger partial charge is 0.274 e. The van der Waals surface area contributed by atoms with Crippen molar-refractivity contribution in [3.63, 3.8) is 0 Å². The van der Waals surface area contributed by atoms with E-state index in [0.29, 0.717) is 10.2 Å². The van der Waals surface area contributed by atoms with Gasteiger partial charge >= 0.3 is 0 Å². The molecule has 2 aromatic rings. The summed E-state index contributed by atoms with van der Waals surface area (Å²) in [5.74, 6) is 0.376. The van der Waals surface area contributed by atoms with E-state index in [0.717, 1.165) is 0 Å². The molecule has 1 aromatic heterocycles. The maximum Gasteiger partial charge on any atom is 0.274 e. The lowest BCUT2D eigenvalue weighted by molar-refractivity contribution is 0.419. The maximum absolute atomic E-state index is 11.5. The van der Waals surface area contributed by atoms with Crippen LogP contribution in [-0.4, -0.2) is 17.3 Å². The van der Waals surface area contributed by atoms with E-state index in [9.17, 15) is 9.59 Å². The Balaban J connectivity index is 3.13. The van der Waals surface area contributed by atoms with Crippen LogP contribution in [0.25, 0.3) is 10.8 Å². The highest BCUT2D eigenvalue weighted by Gasteiger charge is 2.11. The Kier molecular flexibility index (Phi) is 2.36. The van der Waals surface area contributed by atoms with Gasteiger partial charge in [0.25, 0.3) is 11.1 Å². The van der Waals surface area contributed by atoms with Gasteiger partial charge in [0, 0.05) is 4.47 Å². The van der Waals surface area contributed by atoms with E-state index in [4.69, 9.17) is 4.74 Å². The summed E-state index contributed by atoms with van der Waals surface area (Å²) in [5.41, 5.74) is -0.752. The van der Waals surface area contributed by atoms with Crippen LogP contribution in [0.3, 0.4) is 0 Å². The molecular formula is C9H7BrN2O3. The van der Waals surface area contributed by atoms with Gasteiger partial charge in [-0.25, -0.2) is 0 Å². The van der Waals surface area contributed by atoms with Crippen molar-refractivity contribution in [1.29, 1.82) is 0 Å². The number of nitrogens with one attached hydrogen (secondary N) is 2. The molecule has 0 spiro atoms. The first-order chi connectivity index (χ1) is 7.15. The Morgan fingerprint density at radius 2 is 1.73 bits per heavy atom. The van der Waals surface area contributed by atoms with E-state index in [1.807, 2.05) is 0 Å². The Morgan fingerprint density at radius 3 is 2.33 bits per heavy atom. The molecule has 0 saturated carbocycles. The lowest BCUT2D eigenvalue weighted by Crippen LogP contribution is -2.19. The van der Waals surface area contributed by atoms with Crippen molar-refractivity contribution in [1.82, 2.24) is 10.2 Å². The molecule has 0 radical (unpaired) electrons. The predicted molar refractivity (Wildman–Crippen MR) is 59.4 cm³/mol. The van der Waals surface area contributed by atoms with Gasteiger partial charge in [-0.1, -0.05) is 0 Å². The molecule has 0 aliphatic heterocycles. The standard InChI is InChI=1S/C9H7BrN2O3/c1-15-5-3-2-4(10)6-7(5)9(14)12-11-8(6)13/h2-3H,1H3,(H,11,13)(H,12,14). The summed E-state index contributed by atoms with van der Waals surface area (Å²) in [6, 6.07) is 3.29. The number of halogens is 1. The van der Waals surface area contributed by atoms with Gasteiger partial charge in [-0.15, -0.1) is 0 Å². The summed E-state index contributed by atoms with van der Waals surface area (Å²) in [6.45, 7) is 0. The number of aromatic nitrogens is 2. The van der Waals surface area contributed by atoms with Crippen LogP contribution in [0.15, 0.2) is 26.2 Å². The fourth-order valence-corrected chi connectivity index (χ4v) is 1.92. The average Bonchev–Trinajstić information content (AvgIpc) is 2.23. The second kappa shape index (κ2) is 3.54. The number of aromatic amines is 2. The first kappa shape index (κ1) is 9.97. The molecule has 15 heavy (non-hydrogen) atoms. The topological polar surface area (TPSA) is 75.0 Å². The zero-order chi connectivity index (χ0) is 11.0. The molecule has 6 heteroatoms. The molecule has 5 nitrogen and oxygen atoms in total. The molecule has 2 rings (SSSR count). The van der Waals surface area contributed by atoms with Gasteiger partial charge < -0.3 is 4.74 Å². The molecular weight excluding hydrogens is 264 g/mol. The largest absolute Gasteiger partial charge is 0.496 e. The fourth-order valence-electron chi connectivity index (χ4n) is 1.41. The number of hydrogen-bond donors (Lipinski definition) is 2. The molecule has 0 aliphatic rings. The van der Waals surface area contributed by atoms with Gasteiger partial charge in [0.15, 0.2) is 0 Å². The molecule has 0 fully saturated rings. The second-order valence-electron chi connectivity index (χ2n) is 2.91. The molecule has 0 aliphatic carbocycles. The Labute approximate surface area is 92.2 Å². The lowest BCUT2D eigenvalue weighted by Gasteiger charge is -2.04. The first-order valence-corrected chi connectivity index (χ1v) is 4.91. The summed E-state index contributed by atoms with van der Waals surface area (Å²) in [6.07, 6.45) is 0. The third-order valence-corrected chi connectivity index (χ3v) is 2.74. The number of benzene rings is 1. The van der Waals surface area contributed by atoms with Crippen molar-refractivity contribution in [2.75, 3.05) is 7.11 Å². The first-order valence-electron chi connectivity index (χ1n) is 4.12. The van der Waals surface area contributed by atoms with Crippen LogP contribution in [0.4, 0.5) is 0 Å². The Morgan fingerprint density at radius 1 is 1.13 bits per heavy atom. The van der Waals surface area contributed by atoms with Crippen LogP contribution in [0.2, 0.25) is 0 Å². The molecule has 2 N–H and O–H groups in total. The van der Waals surface area contributed by atoms with Crippen LogP contribution in [0, 0.1) is 0 Å². The highest BCUT2D eigenvalue weighted by atomic mass is 79.9. The number of H-pyrrole nitrogens is 2. The van der Waals surface area contributed by atoms with Crippen LogP contribution in [0.5, 0.6) is 5.75 Å². The molecule has 0 saturated heterocycles. The highest BCUT2D eigenvalue weighted by molar-refractivity contribution is 9.10. The number of ether oxygens (including phenoxy) is 1. The summed E-state index contributed by atoms with van der Waals surface area (Å²) in [4.78, 5) is 23.0. The van der Waals surface area contributed by atoms with Crippen LogP contribution < -0.4 is 15.9 Å². The summed E-state index contributed by atoms with van der Waals surface area (Å²) < 4.78 is 5.59. The summed E-state index contributed by atoms with van der Waals surface area (Å²) in [5, 5.41) is 5.04.